The third kappa shape index (κ3) is 4.56. The number of hydrogen-bond donors (Lipinski definition) is 1. The zero-order valence-corrected chi connectivity index (χ0v) is 12.1. The van der Waals surface area contributed by atoms with Gasteiger partial charge in [-0.25, -0.2) is 8.42 Å². The minimum absolute atomic E-state index is 0.160. The van der Waals surface area contributed by atoms with E-state index in [-0.39, 0.29) is 11.8 Å². The van der Waals surface area contributed by atoms with E-state index in [2.05, 4.69) is 19.2 Å². The molecule has 1 atom stereocenters. The summed E-state index contributed by atoms with van der Waals surface area (Å²) < 4.78 is 25.6. The minimum Gasteiger partial charge on any atom is -0.315 e. The Balaban J connectivity index is 2.54. The van der Waals surface area contributed by atoms with Crippen molar-refractivity contribution in [3.05, 3.63) is 0 Å². The summed E-state index contributed by atoms with van der Waals surface area (Å²) in [7, 11) is -3.03. The molecule has 0 aromatic rings. The van der Waals surface area contributed by atoms with Crippen LogP contribution in [0.5, 0.6) is 0 Å². The van der Waals surface area contributed by atoms with Gasteiger partial charge >= 0.3 is 0 Å². The monoisotopic (exact) mass is 262 g/mol. The van der Waals surface area contributed by atoms with E-state index in [1.165, 1.54) is 0 Å². The van der Waals surface area contributed by atoms with Crippen LogP contribution in [0.2, 0.25) is 0 Å². The number of nitrogens with one attached hydrogen (secondary N) is 1. The van der Waals surface area contributed by atoms with E-state index in [9.17, 15) is 8.42 Å². The molecule has 1 fully saturated rings. The predicted molar refractivity (Wildman–Crippen MR) is 71.5 cm³/mol. The van der Waals surface area contributed by atoms with Crippen LogP contribution in [-0.2, 0) is 10.0 Å². The number of rotatable bonds is 6. The molecular weight excluding hydrogens is 236 g/mol. The number of piperidine rings is 1. The van der Waals surface area contributed by atoms with Crippen molar-refractivity contribution in [2.75, 3.05) is 25.4 Å². The highest BCUT2D eigenvalue weighted by atomic mass is 32.2. The van der Waals surface area contributed by atoms with E-state index in [0.29, 0.717) is 12.5 Å². The third-order valence-corrected chi connectivity index (χ3v) is 5.15. The van der Waals surface area contributed by atoms with Gasteiger partial charge in [0, 0.05) is 19.1 Å². The molecule has 17 heavy (non-hydrogen) atoms. The lowest BCUT2D eigenvalue weighted by Crippen LogP contribution is -2.49. The highest BCUT2D eigenvalue weighted by Gasteiger charge is 2.30. The van der Waals surface area contributed by atoms with Gasteiger partial charge in [-0.15, -0.1) is 0 Å². The molecular formula is C12H26N2O2S. The van der Waals surface area contributed by atoms with Crippen LogP contribution >= 0.6 is 0 Å². The maximum absolute atomic E-state index is 12.0. The van der Waals surface area contributed by atoms with Crippen LogP contribution in [0.15, 0.2) is 0 Å². The SMILES string of the molecule is CCS(=O)(=O)N1CCCCC1CNCC(C)C. The van der Waals surface area contributed by atoms with E-state index < -0.39 is 10.0 Å². The third-order valence-electron chi connectivity index (χ3n) is 3.23. The van der Waals surface area contributed by atoms with E-state index in [4.69, 9.17) is 0 Å². The Morgan fingerprint density at radius 2 is 2.06 bits per heavy atom. The first-order chi connectivity index (χ1) is 7.97. The fourth-order valence-electron chi connectivity index (χ4n) is 2.25. The van der Waals surface area contributed by atoms with Gasteiger partial charge in [-0.05, 0) is 32.2 Å². The fraction of sp³-hybridized carbons (Fsp3) is 1.00. The molecule has 0 bridgehead atoms. The van der Waals surface area contributed by atoms with E-state index in [1.807, 2.05) is 0 Å². The van der Waals surface area contributed by atoms with Gasteiger partial charge in [0.1, 0.15) is 0 Å². The maximum atomic E-state index is 12.0. The van der Waals surface area contributed by atoms with Gasteiger partial charge in [0.25, 0.3) is 0 Å². The van der Waals surface area contributed by atoms with E-state index in [1.54, 1.807) is 11.2 Å². The Bertz CT molecular complexity index is 314. The molecule has 1 rings (SSSR count). The summed E-state index contributed by atoms with van der Waals surface area (Å²) in [6.45, 7) is 8.49. The molecule has 1 saturated heterocycles. The topological polar surface area (TPSA) is 49.4 Å². The van der Waals surface area contributed by atoms with Crippen LogP contribution in [-0.4, -0.2) is 44.2 Å². The Kier molecular flexibility index (Phi) is 5.89. The normalized spacial score (nSPS) is 23.2. The minimum atomic E-state index is -3.03. The first kappa shape index (κ1) is 14.9. The Morgan fingerprint density at radius 3 is 2.65 bits per heavy atom. The van der Waals surface area contributed by atoms with Crippen LogP contribution in [0.3, 0.4) is 0 Å². The van der Waals surface area contributed by atoms with Crippen molar-refractivity contribution >= 4 is 10.0 Å². The molecule has 0 amide bonds. The van der Waals surface area contributed by atoms with Gasteiger partial charge in [-0.3, -0.25) is 0 Å². The van der Waals surface area contributed by atoms with Crippen molar-refractivity contribution in [3.8, 4) is 0 Å². The molecule has 1 aliphatic heterocycles. The molecule has 5 heteroatoms. The summed E-state index contributed by atoms with van der Waals surface area (Å²) in [6, 6.07) is 0.160. The summed E-state index contributed by atoms with van der Waals surface area (Å²) in [6.07, 6.45) is 3.13. The lowest BCUT2D eigenvalue weighted by molar-refractivity contribution is 0.244. The van der Waals surface area contributed by atoms with Crippen molar-refractivity contribution in [1.82, 2.24) is 9.62 Å². The number of nitrogens with zero attached hydrogens (tertiary/aromatic N) is 1. The first-order valence-electron chi connectivity index (χ1n) is 6.67. The summed E-state index contributed by atoms with van der Waals surface area (Å²) in [4.78, 5) is 0. The van der Waals surface area contributed by atoms with Gasteiger partial charge in [-0.1, -0.05) is 20.3 Å². The highest BCUT2D eigenvalue weighted by Crippen LogP contribution is 2.20. The molecule has 0 aromatic heterocycles. The van der Waals surface area contributed by atoms with Crippen LogP contribution < -0.4 is 5.32 Å². The highest BCUT2D eigenvalue weighted by molar-refractivity contribution is 7.89. The summed E-state index contributed by atoms with van der Waals surface area (Å²) in [5.74, 6) is 0.822. The number of sulfonamides is 1. The Hall–Kier alpha value is -0.130. The first-order valence-corrected chi connectivity index (χ1v) is 8.28. The predicted octanol–water partition coefficient (Wildman–Crippen LogP) is 1.44. The second kappa shape index (κ2) is 6.71. The molecule has 0 spiro atoms. The summed E-state index contributed by atoms with van der Waals surface area (Å²) >= 11 is 0. The van der Waals surface area contributed by atoms with Crippen LogP contribution in [0.25, 0.3) is 0 Å². The van der Waals surface area contributed by atoms with E-state index >= 15 is 0 Å². The lowest BCUT2D eigenvalue weighted by Gasteiger charge is -2.34. The van der Waals surface area contributed by atoms with Crippen molar-refractivity contribution in [3.63, 3.8) is 0 Å². The van der Waals surface area contributed by atoms with Crippen LogP contribution in [0, 0.1) is 5.92 Å². The van der Waals surface area contributed by atoms with Crippen molar-refractivity contribution in [2.24, 2.45) is 5.92 Å². The van der Waals surface area contributed by atoms with Crippen LogP contribution in [0.1, 0.15) is 40.0 Å². The molecule has 0 radical (unpaired) electrons. The van der Waals surface area contributed by atoms with Crippen molar-refractivity contribution in [1.29, 1.82) is 0 Å². The average molecular weight is 262 g/mol. The smallest absolute Gasteiger partial charge is 0.214 e. The molecule has 1 unspecified atom stereocenters. The zero-order valence-electron chi connectivity index (χ0n) is 11.3. The number of hydrogen-bond acceptors (Lipinski definition) is 3. The summed E-state index contributed by atoms with van der Waals surface area (Å²) in [5.41, 5.74) is 0. The molecule has 1 heterocycles. The fourth-order valence-corrected chi connectivity index (χ4v) is 3.62. The van der Waals surface area contributed by atoms with Gasteiger partial charge in [0.15, 0.2) is 0 Å². The quantitative estimate of drug-likeness (QED) is 0.788. The Morgan fingerprint density at radius 1 is 1.35 bits per heavy atom. The van der Waals surface area contributed by atoms with Gasteiger partial charge in [-0.2, -0.15) is 4.31 Å². The molecule has 0 aromatic carbocycles. The molecule has 1 N–H and O–H groups in total. The second-order valence-corrected chi connectivity index (χ2v) is 7.42. The average Bonchev–Trinajstić information content (AvgIpc) is 2.29. The van der Waals surface area contributed by atoms with Gasteiger partial charge in [0.05, 0.1) is 5.75 Å². The Labute approximate surface area is 106 Å². The van der Waals surface area contributed by atoms with Crippen LogP contribution in [0.4, 0.5) is 0 Å². The molecule has 102 valence electrons. The van der Waals surface area contributed by atoms with Crippen molar-refractivity contribution in [2.45, 2.75) is 46.1 Å². The van der Waals surface area contributed by atoms with Gasteiger partial charge in [0.2, 0.25) is 10.0 Å². The zero-order chi connectivity index (χ0) is 12.9. The lowest BCUT2D eigenvalue weighted by atomic mass is 10.0. The molecule has 0 saturated carbocycles. The molecule has 1 aliphatic rings. The van der Waals surface area contributed by atoms with E-state index in [0.717, 1.165) is 32.4 Å². The van der Waals surface area contributed by atoms with Crippen molar-refractivity contribution < 1.29 is 8.42 Å². The molecule has 4 nitrogen and oxygen atoms in total. The second-order valence-electron chi connectivity index (χ2n) is 5.21. The summed E-state index contributed by atoms with van der Waals surface area (Å²) in [5, 5.41) is 3.37. The molecule has 0 aliphatic carbocycles. The van der Waals surface area contributed by atoms with Gasteiger partial charge < -0.3 is 5.32 Å². The maximum Gasteiger partial charge on any atom is 0.214 e. The standard InChI is InChI=1S/C12H26N2O2S/c1-4-17(15,16)14-8-6-5-7-12(14)10-13-9-11(2)3/h11-13H,4-10H2,1-3H3. The largest absolute Gasteiger partial charge is 0.315 e.